The number of nitrogens with one attached hydrogen (secondary N) is 1. The molecule has 0 aliphatic heterocycles. The lowest BCUT2D eigenvalue weighted by Gasteiger charge is -2.14. The third kappa shape index (κ3) is 6.79. The van der Waals surface area contributed by atoms with E-state index in [2.05, 4.69) is 10.3 Å². The Morgan fingerprint density at radius 3 is 2.21 bits per heavy atom. The summed E-state index contributed by atoms with van der Waals surface area (Å²) in [7, 11) is 1.83. The number of benzene rings is 3. The van der Waals surface area contributed by atoms with Crippen LogP contribution >= 0.6 is 11.3 Å². The van der Waals surface area contributed by atoms with Crippen molar-refractivity contribution in [2.75, 3.05) is 32.3 Å². The van der Waals surface area contributed by atoms with Gasteiger partial charge in [0.25, 0.3) is 0 Å². The zero-order chi connectivity index (χ0) is 27.7. The molecular formula is C27H27N3O6S2. The van der Waals surface area contributed by atoms with Crippen LogP contribution in [0.25, 0.3) is 10.2 Å². The smallest absolute Gasteiger partial charge is 0.183 e. The molecule has 0 amide bonds. The minimum absolute atomic E-state index is 0.0190. The topological polar surface area (TPSA) is 128 Å². The fourth-order valence-corrected chi connectivity index (χ4v) is 5.04. The predicted molar refractivity (Wildman–Crippen MR) is 147 cm³/mol. The number of aldehydes is 1. The Morgan fingerprint density at radius 2 is 1.68 bits per heavy atom. The van der Waals surface area contributed by atoms with Gasteiger partial charge in [0.15, 0.2) is 38.9 Å². The molecule has 4 rings (SSSR count). The summed E-state index contributed by atoms with van der Waals surface area (Å²) in [5.41, 5.74) is 1.97. The largest absolute Gasteiger partial charge is 0.493 e. The lowest BCUT2D eigenvalue weighted by atomic mass is 10.1. The molecular weight excluding hydrogens is 526 g/mol. The number of aromatic nitrogens is 1. The van der Waals surface area contributed by atoms with Crippen LogP contribution < -0.4 is 19.5 Å². The van der Waals surface area contributed by atoms with Crippen LogP contribution in [0.1, 0.15) is 24.2 Å². The molecule has 1 unspecified atom stereocenters. The summed E-state index contributed by atoms with van der Waals surface area (Å²) in [5, 5.41) is 12.7. The van der Waals surface area contributed by atoms with Gasteiger partial charge < -0.3 is 19.5 Å². The first kappa shape index (κ1) is 28.4. The van der Waals surface area contributed by atoms with E-state index in [0.717, 1.165) is 21.1 Å². The van der Waals surface area contributed by atoms with Crippen LogP contribution in [0.4, 0.5) is 5.13 Å². The molecule has 0 bridgehead atoms. The summed E-state index contributed by atoms with van der Waals surface area (Å²) >= 11 is 1.59. The summed E-state index contributed by atoms with van der Waals surface area (Å²) in [6.07, 6.45) is -0.206. The summed E-state index contributed by atoms with van der Waals surface area (Å²) in [5.74, 6) is 1.91. The third-order valence-corrected chi connectivity index (χ3v) is 8.21. The molecule has 1 N–H and O–H groups in total. The van der Waals surface area contributed by atoms with Gasteiger partial charge in [-0.05, 0) is 42.0 Å². The number of thiazole rings is 1. The number of carbonyl (C=O) groups is 1. The number of fused-ring (bicyclic) bond motifs is 1. The minimum atomic E-state index is -3.27. The second-order valence-corrected chi connectivity index (χ2v) is 11.0. The highest BCUT2D eigenvalue weighted by Gasteiger charge is 2.16. The fraction of sp³-hybridized carbons (Fsp3) is 0.222. The van der Waals surface area contributed by atoms with Crippen molar-refractivity contribution in [2.24, 2.45) is 0 Å². The minimum Gasteiger partial charge on any atom is -0.493 e. The molecule has 9 nitrogen and oxygen atoms in total. The number of carbonyl (C=O) groups excluding carboxylic acids is 1. The molecule has 0 radical (unpaired) electrons. The van der Waals surface area contributed by atoms with Gasteiger partial charge in [-0.25, -0.2) is 13.4 Å². The molecule has 0 aliphatic rings. The normalized spacial score (nSPS) is 11.4. The van der Waals surface area contributed by atoms with Crippen LogP contribution in [-0.4, -0.2) is 46.7 Å². The Balaban J connectivity index is 0.000000230. The molecule has 1 heterocycles. The van der Waals surface area contributed by atoms with E-state index < -0.39 is 15.9 Å². The first-order valence-electron chi connectivity index (χ1n) is 11.4. The van der Waals surface area contributed by atoms with Crippen molar-refractivity contribution in [3.63, 3.8) is 0 Å². The zero-order valence-corrected chi connectivity index (χ0v) is 22.9. The Morgan fingerprint density at radius 1 is 1.05 bits per heavy atom. The lowest BCUT2D eigenvalue weighted by molar-refractivity contribution is -0.113. The van der Waals surface area contributed by atoms with Gasteiger partial charge in [-0.3, -0.25) is 4.79 Å². The van der Waals surface area contributed by atoms with E-state index in [9.17, 15) is 13.2 Å². The van der Waals surface area contributed by atoms with Crippen molar-refractivity contribution in [1.82, 2.24) is 4.98 Å². The SMILES string of the molecule is CCS(=O)(=O)c1ccc(C(C=O)Oc2ccc(C#N)cc2)cc1.CNc1nc2cc(OC)c(OC)cc2s1. The zero-order valence-electron chi connectivity index (χ0n) is 21.3. The molecule has 0 saturated heterocycles. The number of hydrogen-bond donors (Lipinski definition) is 1. The molecule has 0 aliphatic carbocycles. The van der Waals surface area contributed by atoms with Crippen molar-refractivity contribution >= 4 is 42.8 Å². The van der Waals surface area contributed by atoms with Gasteiger partial charge in [0.05, 0.1) is 46.7 Å². The van der Waals surface area contributed by atoms with E-state index in [-0.39, 0.29) is 10.6 Å². The summed E-state index contributed by atoms with van der Waals surface area (Å²) in [6.45, 7) is 1.57. The average Bonchev–Trinajstić information content (AvgIpc) is 3.38. The van der Waals surface area contributed by atoms with Crippen LogP contribution in [0, 0.1) is 11.3 Å². The van der Waals surface area contributed by atoms with Crippen molar-refractivity contribution in [3.05, 3.63) is 71.8 Å². The molecule has 0 saturated carbocycles. The second-order valence-electron chi connectivity index (χ2n) is 7.73. The van der Waals surface area contributed by atoms with Crippen LogP contribution in [0.3, 0.4) is 0 Å². The first-order chi connectivity index (χ1) is 18.3. The average molecular weight is 554 g/mol. The Kier molecular flexibility index (Phi) is 9.65. The molecule has 11 heteroatoms. The van der Waals surface area contributed by atoms with Crippen molar-refractivity contribution in [3.8, 4) is 23.3 Å². The molecule has 0 fully saturated rings. The highest BCUT2D eigenvalue weighted by molar-refractivity contribution is 7.91. The van der Waals surface area contributed by atoms with E-state index in [4.69, 9.17) is 19.5 Å². The predicted octanol–water partition coefficient (Wildman–Crippen LogP) is 5.03. The van der Waals surface area contributed by atoms with Gasteiger partial charge in [0.1, 0.15) is 5.75 Å². The van der Waals surface area contributed by atoms with Crippen LogP contribution in [0.15, 0.2) is 65.6 Å². The third-order valence-electron chi connectivity index (χ3n) is 5.43. The van der Waals surface area contributed by atoms with Crippen LogP contribution in [0.2, 0.25) is 0 Å². The maximum atomic E-state index is 11.8. The number of methoxy groups -OCH3 is 2. The lowest BCUT2D eigenvalue weighted by Crippen LogP contribution is -2.10. The molecule has 4 aromatic rings. The quantitative estimate of drug-likeness (QED) is 0.284. The number of rotatable bonds is 9. The van der Waals surface area contributed by atoms with Gasteiger partial charge >= 0.3 is 0 Å². The molecule has 0 spiro atoms. The Hall–Kier alpha value is -4.14. The molecule has 1 atom stereocenters. The molecule has 38 heavy (non-hydrogen) atoms. The number of ether oxygens (including phenoxy) is 3. The van der Waals surface area contributed by atoms with Gasteiger partial charge in [0.2, 0.25) is 0 Å². The van der Waals surface area contributed by atoms with Gasteiger partial charge in [-0.1, -0.05) is 30.4 Å². The fourth-order valence-electron chi connectivity index (χ4n) is 3.32. The van der Waals surface area contributed by atoms with Gasteiger partial charge in [-0.2, -0.15) is 5.26 Å². The second kappa shape index (κ2) is 12.9. The number of nitrogens with zero attached hydrogens (tertiary/aromatic N) is 2. The maximum Gasteiger partial charge on any atom is 0.183 e. The highest BCUT2D eigenvalue weighted by Crippen LogP contribution is 2.35. The monoisotopic (exact) mass is 553 g/mol. The number of sulfone groups is 1. The Bertz CT molecular complexity index is 1490. The summed E-state index contributed by atoms with van der Waals surface area (Å²) in [4.78, 5) is 15.9. The van der Waals surface area contributed by atoms with E-state index >= 15 is 0 Å². The van der Waals surface area contributed by atoms with Gasteiger partial charge in [0, 0.05) is 19.2 Å². The number of anilines is 1. The van der Waals surface area contributed by atoms with E-state index in [0.29, 0.717) is 28.9 Å². The highest BCUT2D eigenvalue weighted by atomic mass is 32.2. The van der Waals surface area contributed by atoms with Crippen molar-refractivity contribution in [1.29, 1.82) is 5.26 Å². The molecule has 1 aromatic heterocycles. The number of nitriles is 1. The number of hydrogen-bond acceptors (Lipinski definition) is 10. The van der Waals surface area contributed by atoms with Crippen LogP contribution in [0.5, 0.6) is 17.2 Å². The van der Waals surface area contributed by atoms with Crippen LogP contribution in [-0.2, 0) is 14.6 Å². The molecule has 198 valence electrons. The van der Waals surface area contributed by atoms with Crippen molar-refractivity contribution in [2.45, 2.75) is 17.9 Å². The van der Waals surface area contributed by atoms with E-state index in [1.807, 2.05) is 25.2 Å². The Labute approximate surface area is 225 Å². The van der Waals surface area contributed by atoms with E-state index in [1.165, 1.54) is 12.1 Å². The molecule has 3 aromatic carbocycles. The van der Waals surface area contributed by atoms with Crippen molar-refractivity contribution < 1.29 is 27.4 Å². The standard InChI is InChI=1S/C17H15NO4S.C10H12N2O2S/c1-2-23(20,21)16-9-5-14(6-10-16)17(12-19)22-15-7-3-13(11-18)4-8-15;1-11-10-12-6-4-7(13-2)8(14-3)5-9(6)15-10/h3-10,12,17H,2H2,1H3;4-5H,1-3H3,(H,11,12). The summed E-state index contributed by atoms with van der Waals surface area (Å²) in [6, 6.07) is 18.3. The maximum absolute atomic E-state index is 11.8. The van der Waals surface area contributed by atoms with E-state index in [1.54, 1.807) is 68.9 Å². The van der Waals surface area contributed by atoms with Gasteiger partial charge in [-0.15, -0.1) is 0 Å². The summed E-state index contributed by atoms with van der Waals surface area (Å²) < 4.78 is 40.6. The first-order valence-corrected chi connectivity index (χ1v) is 13.9.